The molecule has 1 rings (SSSR count). The third kappa shape index (κ3) is 1.57. The lowest BCUT2D eigenvalue weighted by molar-refractivity contribution is 0.423. The van der Waals surface area contributed by atoms with Gasteiger partial charge in [-0.2, -0.15) is 0 Å². The summed E-state index contributed by atoms with van der Waals surface area (Å²) in [5, 5.41) is 0. The fourth-order valence-electron chi connectivity index (χ4n) is 1.23. The van der Waals surface area contributed by atoms with Crippen molar-refractivity contribution in [1.82, 2.24) is 0 Å². The molecule has 9 heavy (non-hydrogen) atoms. The van der Waals surface area contributed by atoms with Crippen LogP contribution >= 0.6 is 0 Å². The zero-order valence-corrected chi connectivity index (χ0v) is 6.52. The van der Waals surface area contributed by atoms with Crippen molar-refractivity contribution in [3.63, 3.8) is 0 Å². The molecule has 0 aliphatic heterocycles. The lowest BCUT2D eigenvalue weighted by Gasteiger charge is -2.18. The molecule has 0 nitrogen and oxygen atoms in total. The minimum absolute atomic E-state index is 0.425. The van der Waals surface area contributed by atoms with Crippen LogP contribution in [0.3, 0.4) is 0 Å². The molecule has 0 amide bonds. The topological polar surface area (TPSA) is 0 Å². The van der Waals surface area contributed by atoms with Crippen LogP contribution in [0.2, 0.25) is 0 Å². The summed E-state index contributed by atoms with van der Waals surface area (Å²) in [4.78, 5) is 0. The standard InChI is InChI=1S/C9H15/c1-4-7-9(2,3)8-5-6-8/h4-5,7-8H,6H2,1-3H3. The molecule has 0 aromatic heterocycles. The second-order valence-corrected chi connectivity index (χ2v) is 3.40. The van der Waals surface area contributed by atoms with Gasteiger partial charge in [-0.05, 0) is 31.1 Å². The van der Waals surface area contributed by atoms with E-state index < -0.39 is 0 Å². The quantitative estimate of drug-likeness (QED) is 0.495. The molecule has 1 aliphatic rings. The minimum atomic E-state index is 0.425. The van der Waals surface area contributed by atoms with E-state index in [0.717, 1.165) is 5.92 Å². The molecular weight excluding hydrogens is 108 g/mol. The first-order valence-electron chi connectivity index (χ1n) is 3.64. The molecule has 1 saturated carbocycles. The SMILES string of the molecule is CC=CC(C)(C)C1[CH]C1. The van der Waals surface area contributed by atoms with E-state index in [9.17, 15) is 0 Å². The Morgan fingerprint density at radius 2 is 2.11 bits per heavy atom. The Morgan fingerprint density at radius 3 is 2.44 bits per heavy atom. The van der Waals surface area contributed by atoms with Gasteiger partial charge in [-0.25, -0.2) is 0 Å². The summed E-state index contributed by atoms with van der Waals surface area (Å²) >= 11 is 0. The largest absolute Gasteiger partial charge is 0.0911 e. The number of allylic oxidation sites excluding steroid dienone is 2. The van der Waals surface area contributed by atoms with Gasteiger partial charge in [0.2, 0.25) is 0 Å². The van der Waals surface area contributed by atoms with Gasteiger partial charge >= 0.3 is 0 Å². The van der Waals surface area contributed by atoms with Crippen molar-refractivity contribution in [2.75, 3.05) is 0 Å². The molecule has 0 spiro atoms. The normalized spacial score (nSPS) is 21.2. The van der Waals surface area contributed by atoms with Gasteiger partial charge in [0.1, 0.15) is 0 Å². The van der Waals surface area contributed by atoms with E-state index in [1.807, 2.05) is 0 Å². The van der Waals surface area contributed by atoms with Crippen molar-refractivity contribution in [1.29, 1.82) is 0 Å². The van der Waals surface area contributed by atoms with Gasteiger partial charge in [-0.3, -0.25) is 0 Å². The molecule has 1 radical (unpaired) electrons. The van der Waals surface area contributed by atoms with Crippen LogP contribution in [0.5, 0.6) is 0 Å². The van der Waals surface area contributed by atoms with E-state index in [1.54, 1.807) is 0 Å². The average Bonchev–Trinajstić information content (AvgIpc) is 2.41. The van der Waals surface area contributed by atoms with E-state index in [0.29, 0.717) is 5.41 Å². The van der Waals surface area contributed by atoms with E-state index in [2.05, 4.69) is 39.3 Å². The van der Waals surface area contributed by atoms with Gasteiger partial charge in [0.15, 0.2) is 0 Å². The van der Waals surface area contributed by atoms with Crippen molar-refractivity contribution < 1.29 is 0 Å². The molecule has 1 aliphatic carbocycles. The van der Waals surface area contributed by atoms with E-state index in [4.69, 9.17) is 0 Å². The Labute approximate surface area is 58.0 Å². The molecular formula is C9H15. The Bertz CT molecular complexity index is 116. The zero-order valence-electron chi connectivity index (χ0n) is 6.52. The molecule has 0 N–H and O–H groups in total. The highest BCUT2D eigenvalue weighted by Crippen LogP contribution is 2.44. The maximum Gasteiger partial charge on any atom is -0.0144 e. The smallest absolute Gasteiger partial charge is 0.0144 e. The predicted molar refractivity (Wildman–Crippen MR) is 41.0 cm³/mol. The van der Waals surface area contributed by atoms with Crippen LogP contribution in [0.4, 0.5) is 0 Å². The lowest BCUT2D eigenvalue weighted by atomic mass is 9.87. The van der Waals surface area contributed by atoms with Crippen molar-refractivity contribution in [2.45, 2.75) is 27.2 Å². The summed E-state index contributed by atoms with van der Waals surface area (Å²) in [6, 6.07) is 0. The highest BCUT2D eigenvalue weighted by atomic mass is 14.4. The van der Waals surface area contributed by atoms with Crippen LogP contribution in [0.15, 0.2) is 12.2 Å². The maximum atomic E-state index is 2.38. The lowest BCUT2D eigenvalue weighted by Crippen LogP contribution is -2.09. The molecule has 1 atom stereocenters. The van der Waals surface area contributed by atoms with Gasteiger partial charge in [-0.15, -0.1) is 0 Å². The van der Waals surface area contributed by atoms with Crippen molar-refractivity contribution in [2.24, 2.45) is 11.3 Å². The summed E-state index contributed by atoms with van der Waals surface area (Å²) in [5.41, 5.74) is 0.425. The van der Waals surface area contributed by atoms with Gasteiger partial charge in [-0.1, -0.05) is 26.0 Å². The molecule has 1 fully saturated rings. The maximum absolute atomic E-state index is 2.38. The first kappa shape index (κ1) is 6.85. The molecule has 0 aromatic rings. The van der Waals surface area contributed by atoms with Crippen LogP contribution in [-0.4, -0.2) is 0 Å². The van der Waals surface area contributed by atoms with Crippen LogP contribution in [0.1, 0.15) is 27.2 Å². The second kappa shape index (κ2) is 2.17. The van der Waals surface area contributed by atoms with Crippen LogP contribution in [0, 0.1) is 17.8 Å². The first-order valence-corrected chi connectivity index (χ1v) is 3.64. The zero-order chi connectivity index (χ0) is 6.91. The Morgan fingerprint density at radius 1 is 1.56 bits per heavy atom. The summed E-state index contributed by atoms with van der Waals surface area (Å²) in [6.45, 7) is 6.67. The molecule has 0 saturated heterocycles. The van der Waals surface area contributed by atoms with Crippen molar-refractivity contribution in [3.05, 3.63) is 18.6 Å². The highest BCUT2D eigenvalue weighted by Gasteiger charge is 2.35. The molecule has 51 valence electrons. The summed E-state index contributed by atoms with van der Waals surface area (Å²) < 4.78 is 0. The van der Waals surface area contributed by atoms with Gasteiger partial charge in [0.25, 0.3) is 0 Å². The first-order chi connectivity index (χ1) is 4.17. The molecule has 1 unspecified atom stereocenters. The van der Waals surface area contributed by atoms with Gasteiger partial charge in [0, 0.05) is 0 Å². The molecule has 0 heteroatoms. The second-order valence-electron chi connectivity index (χ2n) is 3.40. The minimum Gasteiger partial charge on any atom is -0.0911 e. The average molecular weight is 123 g/mol. The van der Waals surface area contributed by atoms with Crippen LogP contribution < -0.4 is 0 Å². The number of hydrogen-bond donors (Lipinski definition) is 0. The Balaban J connectivity index is 2.48. The third-order valence-corrected chi connectivity index (χ3v) is 2.02. The van der Waals surface area contributed by atoms with E-state index in [-0.39, 0.29) is 0 Å². The summed E-state index contributed by atoms with van der Waals surface area (Å²) in [6.07, 6.45) is 8.13. The molecule has 0 bridgehead atoms. The van der Waals surface area contributed by atoms with Gasteiger partial charge in [0.05, 0.1) is 0 Å². The third-order valence-electron chi connectivity index (χ3n) is 2.02. The van der Waals surface area contributed by atoms with Gasteiger partial charge < -0.3 is 0 Å². The summed E-state index contributed by atoms with van der Waals surface area (Å²) in [5.74, 6) is 0.855. The predicted octanol–water partition coefficient (Wildman–Crippen LogP) is 2.81. The summed E-state index contributed by atoms with van der Waals surface area (Å²) in [7, 11) is 0. The van der Waals surface area contributed by atoms with E-state index in [1.165, 1.54) is 6.42 Å². The number of rotatable bonds is 2. The molecule has 0 aromatic carbocycles. The van der Waals surface area contributed by atoms with Crippen molar-refractivity contribution >= 4 is 0 Å². The fraction of sp³-hybridized carbons (Fsp3) is 0.667. The Kier molecular flexibility index (Phi) is 1.65. The number of hydrogen-bond acceptors (Lipinski definition) is 0. The Hall–Kier alpha value is -0.260. The van der Waals surface area contributed by atoms with E-state index >= 15 is 0 Å². The van der Waals surface area contributed by atoms with Crippen LogP contribution in [0.25, 0.3) is 0 Å². The highest BCUT2D eigenvalue weighted by molar-refractivity contribution is 5.10. The molecule has 0 heterocycles. The van der Waals surface area contributed by atoms with Crippen molar-refractivity contribution in [3.8, 4) is 0 Å². The van der Waals surface area contributed by atoms with Crippen LogP contribution in [-0.2, 0) is 0 Å². The monoisotopic (exact) mass is 123 g/mol. The fourth-order valence-corrected chi connectivity index (χ4v) is 1.23.